The van der Waals surface area contributed by atoms with E-state index in [4.69, 9.17) is 4.74 Å². The van der Waals surface area contributed by atoms with E-state index in [0.717, 1.165) is 51.1 Å². The van der Waals surface area contributed by atoms with Gasteiger partial charge in [-0.1, -0.05) is 26.7 Å². The van der Waals surface area contributed by atoms with E-state index in [1.807, 2.05) is 6.92 Å². The van der Waals surface area contributed by atoms with Crippen LogP contribution in [0.25, 0.3) is 0 Å². The lowest BCUT2D eigenvalue weighted by atomic mass is 9.88. The minimum Gasteiger partial charge on any atom is -0.365 e. The number of hydrogen-bond donors (Lipinski definition) is 1. The zero-order valence-electron chi connectivity index (χ0n) is 13.9. The van der Waals surface area contributed by atoms with Gasteiger partial charge in [-0.3, -0.25) is 4.79 Å². The van der Waals surface area contributed by atoms with Gasteiger partial charge in [0.25, 0.3) is 0 Å². The van der Waals surface area contributed by atoms with Gasteiger partial charge in [-0.25, -0.2) is 0 Å². The average molecular weight is 296 g/mol. The van der Waals surface area contributed by atoms with E-state index < -0.39 is 0 Å². The van der Waals surface area contributed by atoms with Gasteiger partial charge in [-0.2, -0.15) is 0 Å². The minimum atomic E-state index is -0.264. The Bertz CT molecular complexity index is 327. The molecule has 4 heteroatoms. The lowest BCUT2D eigenvalue weighted by molar-refractivity contribution is -0.140. The highest BCUT2D eigenvalue weighted by molar-refractivity contribution is 5.81. The van der Waals surface area contributed by atoms with Crippen molar-refractivity contribution in [3.63, 3.8) is 0 Å². The Morgan fingerprint density at radius 1 is 1.29 bits per heavy atom. The van der Waals surface area contributed by atoms with Crippen molar-refractivity contribution in [2.45, 2.75) is 77.0 Å². The van der Waals surface area contributed by atoms with E-state index in [0.29, 0.717) is 6.04 Å². The maximum absolute atomic E-state index is 12.4. The molecule has 21 heavy (non-hydrogen) atoms. The summed E-state index contributed by atoms with van der Waals surface area (Å²) in [6.45, 7) is 6.48. The smallest absolute Gasteiger partial charge is 0.249 e. The third kappa shape index (κ3) is 5.26. The van der Waals surface area contributed by atoms with Gasteiger partial charge in [-0.15, -0.1) is 0 Å². The van der Waals surface area contributed by atoms with Gasteiger partial charge < -0.3 is 15.0 Å². The fraction of sp³-hybridized carbons (Fsp3) is 0.941. The zero-order chi connectivity index (χ0) is 15.2. The number of ether oxygens (including phenoxy) is 1. The first-order valence-corrected chi connectivity index (χ1v) is 8.72. The van der Waals surface area contributed by atoms with Gasteiger partial charge in [0.2, 0.25) is 5.91 Å². The Kier molecular flexibility index (Phi) is 6.49. The molecule has 1 amide bonds. The predicted molar refractivity (Wildman–Crippen MR) is 85.2 cm³/mol. The fourth-order valence-corrected chi connectivity index (χ4v) is 3.52. The zero-order valence-corrected chi connectivity index (χ0v) is 13.9. The van der Waals surface area contributed by atoms with Crippen LogP contribution in [-0.2, 0) is 9.53 Å². The Morgan fingerprint density at radius 3 is 2.62 bits per heavy atom. The van der Waals surface area contributed by atoms with Gasteiger partial charge in [-0.05, 0) is 58.2 Å². The summed E-state index contributed by atoms with van der Waals surface area (Å²) in [5.41, 5.74) is 0. The SMILES string of the molecule is CC[C@H](O[C@H]1CCC[C@@H](C)C1)C(=O)NC1CCN(C)CC1. The quantitative estimate of drug-likeness (QED) is 0.848. The van der Waals surface area contributed by atoms with E-state index in [1.165, 1.54) is 12.8 Å². The number of piperidine rings is 1. The predicted octanol–water partition coefficient (Wildman–Crippen LogP) is 2.57. The van der Waals surface area contributed by atoms with Crippen molar-refractivity contribution >= 4 is 5.91 Å². The molecule has 2 rings (SSSR count). The molecule has 0 aromatic carbocycles. The van der Waals surface area contributed by atoms with Gasteiger partial charge in [0, 0.05) is 6.04 Å². The van der Waals surface area contributed by atoms with E-state index in [2.05, 4.69) is 24.2 Å². The van der Waals surface area contributed by atoms with Crippen LogP contribution in [-0.4, -0.2) is 49.2 Å². The van der Waals surface area contributed by atoms with Crippen LogP contribution in [0.5, 0.6) is 0 Å². The first kappa shape index (κ1) is 16.8. The molecule has 0 spiro atoms. The average Bonchev–Trinajstić information content (AvgIpc) is 2.47. The first-order chi connectivity index (χ1) is 10.1. The number of carbonyl (C=O) groups excluding carboxylic acids is 1. The normalized spacial score (nSPS) is 30.0. The lowest BCUT2D eigenvalue weighted by Gasteiger charge is -2.32. The molecule has 0 bridgehead atoms. The maximum atomic E-state index is 12.4. The molecule has 2 aliphatic rings. The molecule has 3 atom stereocenters. The van der Waals surface area contributed by atoms with Crippen molar-refractivity contribution in [3.05, 3.63) is 0 Å². The third-order valence-corrected chi connectivity index (χ3v) is 4.97. The van der Waals surface area contributed by atoms with Crippen LogP contribution in [0.1, 0.15) is 58.8 Å². The van der Waals surface area contributed by atoms with Gasteiger partial charge in [0.05, 0.1) is 6.10 Å². The monoisotopic (exact) mass is 296 g/mol. The highest BCUT2D eigenvalue weighted by Gasteiger charge is 2.27. The Hall–Kier alpha value is -0.610. The Morgan fingerprint density at radius 2 is 2.00 bits per heavy atom. The third-order valence-electron chi connectivity index (χ3n) is 4.97. The van der Waals surface area contributed by atoms with Gasteiger partial charge in [0.15, 0.2) is 0 Å². The van der Waals surface area contributed by atoms with Gasteiger partial charge in [0.1, 0.15) is 6.10 Å². The van der Waals surface area contributed by atoms with Crippen LogP contribution in [0.3, 0.4) is 0 Å². The molecular weight excluding hydrogens is 264 g/mol. The molecule has 1 heterocycles. The summed E-state index contributed by atoms with van der Waals surface area (Å²) in [7, 11) is 2.14. The molecule has 1 saturated carbocycles. The summed E-state index contributed by atoms with van der Waals surface area (Å²) in [5, 5.41) is 3.20. The number of carbonyl (C=O) groups is 1. The van der Waals surface area contributed by atoms with Crippen molar-refractivity contribution in [2.75, 3.05) is 20.1 Å². The van der Waals surface area contributed by atoms with Crippen LogP contribution >= 0.6 is 0 Å². The van der Waals surface area contributed by atoms with E-state index in [9.17, 15) is 4.79 Å². The lowest BCUT2D eigenvalue weighted by Crippen LogP contribution is -2.48. The number of rotatable bonds is 5. The highest BCUT2D eigenvalue weighted by Crippen LogP contribution is 2.27. The molecule has 1 N–H and O–H groups in total. The molecule has 0 radical (unpaired) electrons. The second-order valence-electron chi connectivity index (χ2n) is 7.01. The maximum Gasteiger partial charge on any atom is 0.249 e. The molecule has 122 valence electrons. The standard InChI is InChI=1S/C17H32N2O2/c1-4-16(21-15-7-5-6-13(2)12-15)17(20)18-14-8-10-19(3)11-9-14/h13-16H,4-12H2,1-3H3,(H,18,20)/t13-,15+,16+/m1/s1. The molecule has 2 fully saturated rings. The summed E-state index contributed by atoms with van der Waals surface area (Å²) in [6, 6.07) is 0.330. The molecular formula is C17H32N2O2. The molecule has 0 unspecified atom stereocenters. The van der Waals surface area contributed by atoms with Crippen LogP contribution in [0, 0.1) is 5.92 Å². The van der Waals surface area contributed by atoms with Crippen molar-refractivity contribution in [3.8, 4) is 0 Å². The summed E-state index contributed by atoms with van der Waals surface area (Å²) in [4.78, 5) is 14.7. The van der Waals surface area contributed by atoms with Crippen LogP contribution < -0.4 is 5.32 Å². The van der Waals surface area contributed by atoms with Gasteiger partial charge >= 0.3 is 0 Å². The highest BCUT2D eigenvalue weighted by atomic mass is 16.5. The Labute approximate surface area is 129 Å². The summed E-state index contributed by atoms with van der Waals surface area (Å²) in [5.74, 6) is 0.837. The van der Waals surface area contributed by atoms with E-state index >= 15 is 0 Å². The largest absolute Gasteiger partial charge is 0.365 e. The van der Waals surface area contributed by atoms with Crippen LogP contribution in [0.2, 0.25) is 0 Å². The number of likely N-dealkylation sites (tertiary alicyclic amines) is 1. The second kappa shape index (κ2) is 8.14. The molecule has 1 saturated heterocycles. The molecule has 4 nitrogen and oxygen atoms in total. The van der Waals surface area contributed by atoms with Crippen LogP contribution in [0.15, 0.2) is 0 Å². The molecule has 1 aliphatic carbocycles. The summed E-state index contributed by atoms with van der Waals surface area (Å²) >= 11 is 0. The van der Waals surface area contributed by atoms with E-state index in [1.54, 1.807) is 0 Å². The number of nitrogens with zero attached hydrogens (tertiary/aromatic N) is 1. The molecule has 1 aliphatic heterocycles. The van der Waals surface area contributed by atoms with Crippen molar-refractivity contribution < 1.29 is 9.53 Å². The van der Waals surface area contributed by atoms with Crippen molar-refractivity contribution in [2.24, 2.45) is 5.92 Å². The Balaban J connectivity index is 1.78. The van der Waals surface area contributed by atoms with Crippen molar-refractivity contribution in [1.29, 1.82) is 0 Å². The topological polar surface area (TPSA) is 41.6 Å². The second-order valence-corrected chi connectivity index (χ2v) is 7.01. The number of nitrogens with one attached hydrogen (secondary N) is 1. The first-order valence-electron chi connectivity index (χ1n) is 8.72. The van der Waals surface area contributed by atoms with Crippen LogP contribution in [0.4, 0.5) is 0 Å². The fourth-order valence-electron chi connectivity index (χ4n) is 3.52. The summed E-state index contributed by atoms with van der Waals surface area (Å²) in [6.07, 6.45) is 7.65. The van der Waals surface area contributed by atoms with Crippen molar-refractivity contribution in [1.82, 2.24) is 10.2 Å². The molecule has 0 aromatic rings. The molecule has 0 aromatic heterocycles. The minimum absolute atomic E-state index is 0.102. The summed E-state index contributed by atoms with van der Waals surface area (Å²) < 4.78 is 6.11. The van der Waals surface area contributed by atoms with E-state index in [-0.39, 0.29) is 18.1 Å². The number of amides is 1. The number of hydrogen-bond acceptors (Lipinski definition) is 3.